The molecule has 0 bridgehead atoms. The lowest BCUT2D eigenvalue weighted by atomic mass is 9.92. The third-order valence-corrected chi connectivity index (χ3v) is 8.51. The lowest BCUT2D eigenvalue weighted by Crippen LogP contribution is -2.49. The van der Waals surface area contributed by atoms with E-state index >= 15 is 0 Å². The van der Waals surface area contributed by atoms with Gasteiger partial charge in [0.25, 0.3) is 5.91 Å². The Bertz CT molecular complexity index is 1320. The number of amides is 1. The van der Waals surface area contributed by atoms with Crippen LogP contribution in [-0.2, 0) is 12.0 Å². The molecule has 1 aromatic heterocycles. The first-order valence-electron chi connectivity index (χ1n) is 11.3. The van der Waals surface area contributed by atoms with Gasteiger partial charge in [-0.1, -0.05) is 47.1 Å². The topological polar surface area (TPSA) is 70.1 Å². The minimum absolute atomic E-state index is 0.202. The van der Waals surface area contributed by atoms with Crippen LogP contribution in [0.4, 0.5) is 17.3 Å². The Labute approximate surface area is 212 Å². The van der Waals surface area contributed by atoms with E-state index < -0.39 is 4.87 Å². The number of anilines is 3. The molecule has 9 heteroatoms. The Hall–Kier alpha value is -2.32. The van der Waals surface area contributed by atoms with Gasteiger partial charge in [-0.2, -0.15) is 0 Å². The van der Waals surface area contributed by atoms with Crippen LogP contribution in [0.5, 0.6) is 0 Å². The summed E-state index contributed by atoms with van der Waals surface area (Å²) in [4.78, 5) is 23.6. The predicted octanol–water partition coefficient (Wildman–Crippen LogP) is 6.15. The van der Waals surface area contributed by atoms with Crippen LogP contribution in [-0.4, -0.2) is 27.3 Å². The van der Waals surface area contributed by atoms with Gasteiger partial charge in [0, 0.05) is 24.0 Å². The van der Waals surface area contributed by atoms with Crippen molar-refractivity contribution >= 4 is 58.2 Å². The van der Waals surface area contributed by atoms with Gasteiger partial charge in [0.1, 0.15) is 5.03 Å². The second-order valence-corrected chi connectivity index (χ2v) is 11.8. The van der Waals surface area contributed by atoms with E-state index in [9.17, 15) is 4.79 Å². The Kier molecular flexibility index (Phi) is 5.12. The number of benzene rings is 2. The number of hydrogen-bond donors (Lipinski definition) is 2. The molecule has 6 rings (SSSR count). The SMILES string of the molecule is CC1(C)Sc2nc(Nc3ccc4c(c3)CCNC43CC3)ncc2C(=O)N1c1c(Cl)cccc1Cl. The highest BCUT2D eigenvalue weighted by Crippen LogP contribution is 2.50. The fourth-order valence-corrected chi connectivity index (χ4v) is 6.64. The fraction of sp³-hybridized carbons (Fsp3) is 0.320. The summed E-state index contributed by atoms with van der Waals surface area (Å²) in [5.74, 6) is 0.241. The maximum absolute atomic E-state index is 13.5. The quantitative estimate of drug-likeness (QED) is 0.411. The molecule has 3 heterocycles. The van der Waals surface area contributed by atoms with Crippen LogP contribution >= 0.6 is 35.0 Å². The van der Waals surface area contributed by atoms with E-state index in [-0.39, 0.29) is 11.4 Å². The zero-order valence-electron chi connectivity index (χ0n) is 18.8. The highest BCUT2D eigenvalue weighted by atomic mass is 35.5. The van der Waals surface area contributed by atoms with Crippen molar-refractivity contribution in [3.63, 3.8) is 0 Å². The Morgan fingerprint density at radius 3 is 2.65 bits per heavy atom. The average Bonchev–Trinajstić information content (AvgIpc) is 3.55. The van der Waals surface area contributed by atoms with Gasteiger partial charge in [-0.25, -0.2) is 9.97 Å². The van der Waals surface area contributed by atoms with Gasteiger partial charge >= 0.3 is 0 Å². The van der Waals surface area contributed by atoms with Gasteiger partial charge in [0.2, 0.25) is 5.95 Å². The van der Waals surface area contributed by atoms with E-state index in [2.05, 4.69) is 33.8 Å². The molecule has 2 aliphatic heterocycles. The Balaban J connectivity index is 1.31. The molecule has 1 aliphatic carbocycles. The normalized spacial score (nSPS) is 19.5. The molecule has 1 amide bonds. The third kappa shape index (κ3) is 3.57. The summed E-state index contributed by atoms with van der Waals surface area (Å²) in [6.45, 7) is 4.92. The van der Waals surface area contributed by atoms with Crippen LogP contribution in [0.2, 0.25) is 10.0 Å². The first kappa shape index (κ1) is 22.2. The van der Waals surface area contributed by atoms with Crippen LogP contribution in [0, 0.1) is 0 Å². The molecule has 1 fully saturated rings. The van der Waals surface area contributed by atoms with E-state index in [1.807, 2.05) is 13.8 Å². The van der Waals surface area contributed by atoms with Crippen molar-refractivity contribution in [2.24, 2.45) is 0 Å². The van der Waals surface area contributed by atoms with Crippen molar-refractivity contribution in [2.45, 2.75) is 48.5 Å². The molecule has 1 spiro atoms. The van der Waals surface area contributed by atoms with Crippen LogP contribution in [0.1, 0.15) is 48.2 Å². The van der Waals surface area contributed by atoms with Gasteiger partial charge in [-0.05, 0) is 68.5 Å². The number of para-hydroxylation sites is 1. The number of thioether (sulfide) groups is 1. The van der Waals surface area contributed by atoms with Crippen molar-refractivity contribution in [3.8, 4) is 0 Å². The number of nitrogens with zero attached hydrogens (tertiary/aromatic N) is 3. The molecule has 0 unspecified atom stereocenters. The Morgan fingerprint density at radius 1 is 1.15 bits per heavy atom. The standard InChI is InChI=1S/C25H23Cl2N5OS/c1-24(2)32(20-18(26)4-3-5-19(20)27)22(33)16-13-28-23(31-21(16)34-24)30-15-6-7-17-14(12-15)8-11-29-25(17)9-10-25/h3-7,12-13,29H,8-11H2,1-2H3,(H,28,30,31). The van der Waals surface area contributed by atoms with E-state index in [1.54, 1.807) is 29.3 Å². The summed E-state index contributed by atoms with van der Waals surface area (Å²) in [7, 11) is 0. The number of hydrogen-bond acceptors (Lipinski definition) is 6. The molecule has 2 N–H and O–H groups in total. The number of nitrogens with one attached hydrogen (secondary N) is 2. The maximum atomic E-state index is 13.5. The Morgan fingerprint density at radius 2 is 1.91 bits per heavy atom. The van der Waals surface area contributed by atoms with Crippen molar-refractivity contribution in [3.05, 3.63) is 69.3 Å². The van der Waals surface area contributed by atoms with Gasteiger partial charge in [0.05, 0.1) is 26.2 Å². The minimum Gasteiger partial charge on any atom is -0.324 e. The first-order valence-corrected chi connectivity index (χ1v) is 12.8. The molecule has 6 nitrogen and oxygen atoms in total. The van der Waals surface area contributed by atoms with Gasteiger partial charge in [0.15, 0.2) is 0 Å². The van der Waals surface area contributed by atoms with Crippen molar-refractivity contribution < 1.29 is 4.79 Å². The highest BCUT2D eigenvalue weighted by Gasteiger charge is 2.46. The average molecular weight is 512 g/mol. The smallest absolute Gasteiger partial charge is 0.263 e. The monoisotopic (exact) mass is 511 g/mol. The molecule has 2 aromatic carbocycles. The zero-order chi connectivity index (χ0) is 23.7. The third-order valence-electron chi connectivity index (χ3n) is 6.72. The van der Waals surface area contributed by atoms with E-state index in [0.717, 1.165) is 18.7 Å². The summed E-state index contributed by atoms with van der Waals surface area (Å²) in [6, 6.07) is 11.7. The zero-order valence-corrected chi connectivity index (χ0v) is 21.1. The number of rotatable bonds is 3. The molecule has 3 aliphatic rings. The lowest BCUT2D eigenvalue weighted by molar-refractivity contribution is 0.0969. The van der Waals surface area contributed by atoms with Gasteiger partial charge in [-0.3, -0.25) is 9.69 Å². The van der Waals surface area contributed by atoms with E-state index in [4.69, 9.17) is 28.2 Å². The fourth-order valence-electron chi connectivity index (χ4n) is 4.95. The molecule has 174 valence electrons. The summed E-state index contributed by atoms with van der Waals surface area (Å²) >= 11 is 14.4. The number of aromatic nitrogens is 2. The molecule has 0 saturated heterocycles. The molecular weight excluding hydrogens is 489 g/mol. The number of halogens is 2. The minimum atomic E-state index is -0.651. The van der Waals surface area contributed by atoms with Crippen LogP contribution in [0.25, 0.3) is 0 Å². The largest absolute Gasteiger partial charge is 0.324 e. The second kappa shape index (κ2) is 7.85. The van der Waals surface area contributed by atoms with E-state index in [0.29, 0.717) is 32.3 Å². The molecule has 0 atom stereocenters. The van der Waals surface area contributed by atoms with Gasteiger partial charge in [-0.15, -0.1) is 0 Å². The summed E-state index contributed by atoms with van der Waals surface area (Å²) in [5, 5.41) is 8.47. The summed E-state index contributed by atoms with van der Waals surface area (Å²) in [5.41, 5.74) is 4.87. The first-order chi connectivity index (χ1) is 16.3. The number of carbonyl (C=O) groups excluding carboxylic acids is 1. The predicted molar refractivity (Wildman–Crippen MR) is 138 cm³/mol. The van der Waals surface area contributed by atoms with E-state index in [1.165, 1.54) is 35.7 Å². The van der Waals surface area contributed by atoms with Gasteiger partial charge < -0.3 is 10.6 Å². The molecular formula is C25H23Cl2N5OS. The van der Waals surface area contributed by atoms with Crippen LogP contribution in [0.15, 0.2) is 47.6 Å². The van der Waals surface area contributed by atoms with Crippen molar-refractivity contribution in [1.29, 1.82) is 0 Å². The second-order valence-electron chi connectivity index (χ2n) is 9.43. The number of carbonyl (C=O) groups is 1. The molecule has 34 heavy (non-hydrogen) atoms. The van der Waals surface area contributed by atoms with Crippen LogP contribution in [0.3, 0.4) is 0 Å². The molecule has 1 saturated carbocycles. The molecule has 3 aromatic rings. The van der Waals surface area contributed by atoms with Crippen LogP contribution < -0.4 is 15.5 Å². The van der Waals surface area contributed by atoms with Crippen molar-refractivity contribution in [2.75, 3.05) is 16.8 Å². The maximum Gasteiger partial charge on any atom is 0.263 e. The summed E-state index contributed by atoms with van der Waals surface area (Å²) in [6.07, 6.45) is 5.00. The number of fused-ring (bicyclic) bond motifs is 3. The highest BCUT2D eigenvalue weighted by molar-refractivity contribution is 8.00. The lowest BCUT2D eigenvalue weighted by Gasteiger charge is -2.42. The molecule has 0 radical (unpaired) electrons. The summed E-state index contributed by atoms with van der Waals surface area (Å²) < 4.78 is 0. The van der Waals surface area contributed by atoms with Crippen molar-refractivity contribution in [1.82, 2.24) is 15.3 Å².